The Bertz CT molecular complexity index is 1060. The fraction of sp³-hybridized carbons (Fsp3) is 0.292. The minimum atomic E-state index is -1.08. The Morgan fingerprint density at radius 1 is 1.19 bits per heavy atom. The zero-order chi connectivity index (χ0) is 22.5. The van der Waals surface area contributed by atoms with Crippen LogP contribution in [0.2, 0.25) is 5.02 Å². The lowest BCUT2D eigenvalue weighted by molar-refractivity contribution is -0.139. The van der Waals surface area contributed by atoms with Crippen molar-refractivity contribution in [2.45, 2.75) is 38.1 Å². The standard InChI is InChI=1S/C24H23ClN2O4S/c25-19-13-16(11-12-20(19)31-15-22(28)29)14-21-23(30)27(18-9-5-2-6-10-18)24(32-21)26-17-7-3-1-4-8-17/h1,3-4,7-8,11-14,18H,2,5-6,9-10,15H2,(H,28,29)/b21-14-,26-24?. The molecule has 0 spiro atoms. The highest BCUT2D eigenvalue weighted by molar-refractivity contribution is 8.18. The number of carboxylic acids is 1. The molecule has 4 rings (SSSR count). The molecule has 6 nitrogen and oxygen atoms in total. The van der Waals surface area contributed by atoms with Crippen LogP contribution in [0.1, 0.15) is 37.7 Å². The van der Waals surface area contributed by atoms with Crippen molar-refractivity contribution in [3.8, 4) is 5.75 Å². The molecule has 1 saturated carbocycles. The summed E-state index contributed by atoms with van der Waals surface area (Å²) in [6.07, 6.45) is 7.19. The van der Waals surface area contributed by atoms with Crippen molar-refractivity contribution < 1.29 is 19.4 Å². The molecule has 1 aliphatic heterocycles. The molecule has 2 aromatic carbocycles. The number of carbonyl (C=O) groups excluding carboxylic acids is 1. The second-order valence-corrected chi connectivity index (χ2v) is 9.10. The summed E-state index contributed by atoms with van der Waals surface area (Å²) in [5.74, 6) is -0.830. The summed E-state index contributed by atoms with van der Waals surface area (Å²) in [5, 5.41) is 9.76. The fourth-order valence-electron chi connectivity index (χ4n) is 3.85. The lowest BCUT2D eigenvalue weighted by Crippen LogP contribution is -2.40. The van der Waals surface area contributed by atoms with Gasteiger partial charge in [0.1, 0.15) is 5.75 Å². The summed E-state index contributed by atoms with van der Waals surface area (Å²) in [7, 11) is 0. The first-order valence-electron chi connectivity index (χ1n) is 10.5. The van der Waals surface area contributed by atoms with Crippen molar-refractivity contribution in [2.24, 2.45) is 4.99 Å². The molecule has 2 fully saturated rings. The maximum atomic E-state index is 13.4. The van der Waals surface area contributed by atoms with Gasteiger partial charge in [0.15, 0.2) is 11.8 Å². The summed E-state index contributed by atoms with van der Waals surface area (Å²) in [4.78, 5) is 31.3. The van der Waals surface area contributed by atoms with Gasteiger partial charge in [0.25, 0.3) is 5.91 Å². The lowest BCUT2D eigenvalue weighted by atomic mass is 9.94. The maximum absolute atomic E-state index is 13.4. The van der Waals surface area contributed by atoms with Gasteiger partial charge in [-0.15, -0.1) is 0 Å². The van der Waals surface area contributed by atoms with E-state index in [-0.39, 0.29) is 17.7 Å². The number of amidine groups is 1. The number of halogens is 1. The molecule has 1 N–H and O–H groups in total. The van der Waals surface area contributed by atoms with Crippen LogP contribution in [0.4, 0.5) is 5.69 Å². The van der Waals surface area contributed by atoms with Gasteiger partial charge >= 0.3 is 5.97 Å². The SMILES string of the molecule is O=C(O)COc1ccc(/C=C2\SC(=Nc3ccccc3)N(C3CCCCC3)C2=O)cc1Cl. The molecule has 8 heteroatoms. The third-order valence-corrected chi connectivity index (χ3v) is 6.64. The van der Waals surface area contributed by atoms with E-state index in [1.165, 1.54) is 18.2 Å². The lowest BCUT2D eigenvalue weighted by Gasteiger charge is -2.30. The summed E-state index contributed by atoms with van der Waals surface area (Å²) >= 11 is 7.62. The van der Waals surface area contributed by atoms with E-state index < -0.39 is 12.6 Å². The van der Waals surface area contributed by atoms with E-state index in [2.05, 4.69) is 0 Å². The zero-order valence-electron chi connectivity index (χ0n) is 17.4. The summed E-state index contributed by atoms with van der Waals surface area (Å²) < 4.78 is 5.17. The van der Waals surface area contributed by atoms with Gasteiger partial charge in [0, 0.05) is 6.04 Å². The smallest absolute Gasteiger partial charge is 0.341 e. The van der Waals surface area contributed by atoms with E-state index in [4.69, 9.17) is 26.4 Å². The third kappa shape index (κ3) is 5.34. The number of carboxylic acid groups (broad SMARTS) is 1. The number of hydrogen-bond acceptors (Lipinski definition) is 5. The normalized spacial score (nSPS) is 19.7. The quantitative estimate of drug-likeness (QED) is 0.544. The molecule has 1 saturated heterocycles. The summed E-state index contributed by atoms with van der Waals surface area (Å²) in [6, 6.07) is 14.8. The third-order valence-electron chi connectivity index (χ3n) is 5.36. The molecule has 2 aromatic rings. The van der Waals surface area contributed by atoms with E-state index >= 15 is 0 Å². The van der Waals surface area contributed by atoms with E-state index in [1.54, 1.807) is 24.3 Å². The number of amides is 1. The Morgan fingerprint density at radius 3 is 2.62 bits per heavy atom. The van der Waals surface area contributed by atoms with Gasteiger partial charge in [-0.1, -0.05) is 55.1 Å². The zero-order valence-corrected chi connectivity index (χ0v) is 18.9. The highest BCUT2D eigenvalue weighted by Crippen LogP contribution is 2.39. The fourth-order valence-corrected chi connectivity index (χ4v) is 5.16. The van der Waals surface area contributed by atoms with Crippen LogP contribution in [0.3, 0.4) is 0 Å². The van der Waals surface area contributed by atoms with Gasteiger partial charge in [0.2, 0.25) is 0 Å². The van der Waals surface area contributed by atoms with Gasteiger partial charge in [-0.3, -0.25) is 9.69 Å². The van der Waals surface area contributed by atoms with Crippen LogP contribution in [-0.4, -0.2) is 39.7 Å². The number of ether oxygens (including phenoxy) is 1. The highest BCUT2D eigenvalue weighted by Gasteiger charge is 2.38. The molecule has 0 aromatic heterocycles. The van der Waals surface area contributed by atoms with Crippen molar-refractivity contribution in [3.05, 3.63) is 64.0 Å². The molecule has 32 heavy (non-hydrogen) atoms. The van der Waals surface area contributed by atoms with Gasteiger partial charge in [-0.2, -0.15) is 0 Å². The van der Waals surface area contributed by atoms with Crippen LogP contribution in [0.25, 0.3) is 6.08 Å². The van der Waals surface area contributed by atoms with Gasteiger partial charge in [0.05, 0.1) is 15.6 Å². The van der Waals surface area contributed by atoms with Crippen molar-refractivity contribution in [1.29, 1.82) is 0 Å². The van der Waals surface area contributed by atoms with E-state index in [9.17, 15) is 9.59 Å². The predicted octanol–water partition coefficient (Wildman–Crippen LogP) is 5.74. The second kappa shape index (κ2) is 10.2. The van der Waals surface area contributed by atoms with Crippen LogP contribution < -0.4 is 4.74 Å². The first-order valence-corrected chi connectivity index (χ1v) is 11.7. The van der Waals surface area contributed by atoms with Gasteiger partial charge in [-0.25, -0.2) is 9.79 Å². The second-order valence-electron chi connectivity index (χ2n) is 7.68. The number of hydrogen-bond donors (Lipinski definition) is 1. The molecule has 2 aliphatic rings. The first-order chi connectivity index (χ1) is 15.5. The van der Waals surface area contributed by atoms with Crippen molar-refractivity contribution >= 4 is 52.2 Å². The molecule has 0 unspecified atom stereocenters. The Kier molecular flexibility index (Phi) is 7.17. The van der Waals surface area contributed by atoms with Crippen LogP contribution >= 0.6 is 23.4 Å². The molecule has 1 aliphatic carbocycles. The van der Waals surface area contributed by atoms with Gasteiger partial charge in [-0.05, 0) is 60.5 Å². The number of aliphatic carboxylic acids is 1. The minimum absolute atomic E-state index is 0.0427. The summed E-state index contributed by atoms with van der Waals surface area (Å²) in [5.41, 5.74) is 1.55. The van der Waals surface area contributed by atoms with Crippen molar-refractivity contribution in [1.82, 2.24) is 4.90 Å². The molecular formula is C24H23ClN2O4S. The van der Waals surface area contributed by atoms with E-state index in [0.717, 1.165) is 36.9 Å². The Morgan fingerprint density at radius 2 is 1.94 bits per heavy atom. The van der Waals surface area contributed by atoms with Crippen LogP contribution in [-0.2, 0) is 9.59 Å². The Hall–Kier alpha value is -2.77. The number of thioether (sulfide) groups is 1. The number of nitrogens with zero attached hydrogens (tertiary/aromatic N) is 2. The van der Waals surface area contributed by atoms with Crippen molar-refractivity contribution in [3.63, 3.8) is 0 Å². The molecule has 1 amide bonds. The van der Waals surface area contributed by atoms with E-state index in [0.29, 0.717) is 15.1 Å². The topological polar surface area (TPSA) is 79.2 Å². The Balaban J connectivity index is 1.62. The average molecular weight is 471 g/mol. The molecule has 1 heterocycles. The first kappa shape index (κ1) is 22.4. The van der Waals surface area contributed by atoms with Crippen LogP contribution in [0.15, 0.2) is 58.4 Å². The molecule has 166 valence electrons. The number of benzene rings is 2. The molecule has 0 radical (unpaired) electrons. The highest BCUT2D eigenvalue weighted by atomic mass is 35.5. The van der Waals surface area contributed by atoms with E-state index in [1.807, 2.05) is 35.2 Å². The number of aliphatic imine (C=N–C) groups is 1. The average Bonchev–Trinajstić information content (AvgIpc) is 3.08. The predicted molar refractivity (Wildman–Crippen MR) is 127 cm³/mol. The Labute approximate surface area is 195 Å². The monoisotopic (exact) mass is 470 g/mol. The minimum Gasteiger partial charge on any atom is -0.480 e. The van der Waals surface area contributed by atoms with Crippen LogP contribution in [0, 0.1) is 0 Å². The number of rotatable bonds is 6. The molecule has 0 bridgehead atoms. The number of carbonyl (C=O) groups is 2. The van der Waals surface area contributed by atoms with Crippen LogP contribution in [0.5, 0.6) is 5.75 Å². The molecule has 0 atom stereocenters. The summed E-state index contributed by atoms with van der Waals surface area (Å²) in [6.45, 7) is -0.468. The molecular weight excluding hydrogens is 448 g/mol. The largest absolute Gasteiger partial charge is 0.480 e. The van der Waals surface area contributed by atoms with Crippen molar-refractivity contribution in [2.75, 3.05) is 6.61 Å². The maximum Gasteiger partial charge on any atom is 0.341 e. The van der Waals surface area contributed by atoms with Gasteiger partial charge < -0.3 is 9.84 Å². The number of para-hydroxylation sites is 1.